The minimum Gasteiger partial charge on any atom is -0.466 e. The summed E-state index contributed by atoms with van der Waals surface area (Å²) in [5.74, 6) is -1.81. The lowest BCUT2D eigenvalue weighted by Gasteiger charge is -2.34. The van der Waals surface area contributed by atoms with E-state index in [1.54, 1.807) is 29.7 Å². The molecule has 0 aliphatic carbocycles. The quantitative estimate of drug-likeness (QED) is 0.403. The van der Waals surface area contributed by atoms with E-state index in [-0.39, 0.29) is 36.2 Å². The van der Waals surface area contributed by atoms with E-state index in [1.165, 1.54) is 0 Å². The van der Waals surface area contributed by atoms with Crippen molar-refractivity contribution < 1.29 is 24.2 Å². The molecule has 33 heavy (non-hydrogen) atoms. The van der Waals surface area contributed by atoms with Gasteiger partial charge in [0.2, 0.25) is 11.8 Å². The number of hydrogen-bond acceptors (Lipinski definition) is 6. The summed E-state index contributed by atoms with van der Waals surface area (Å²) in [5.41, 5.74) is 1.40. The standard InChI is InChI=1S/C24H31ClN2O5S/c1-3-32-23(31)17-16-10-11-24(33-16)18(17)22(30)27(12-5-4-6-13-28)20(24)21(29)26-19-14(2)8-7-9-15(19)25/h7-9,16-18,20,28H,3-6,10-13H2,1-2H3,(H,26,29)/t16-,17+,18+,20?,24?/m1/s1. The maximum Gasteiger partial charge on any atom is 0.310 e. The van der Waals surface area contributed by atoms with Crippen LogP contribution in [0, 0.1) is 18.8 Å². The second-order valence-electron chi connectivity index (χ2n) is 9.04. The molecule has 4 rings (SSSR count). The van der Waals surface area contributed by atoms with Gasteiger partial charge >= 0.3 is 5.97 Å². The van der Waals surface area contributed by atoms with Crippen molar-refractivity contribution in [2.45, 2.75) is 62.0 Å². The van der Waals surface area contributed by atoms with Gasteiger partial charge in [-0.2, -0.15) is 0 Å². The number of nitrogens with zero attached hydrogens (tertiary/aromatic N) is 1. The van der Waals surface area contributed by atoms with Gasteiger partial charge in [-0.3, -0.25) is 14.4 Å². The Morgan fingerprint density at radius 2 is 2.12 bits per heavy atom. The fraction of sp³-hybridized carbons (Fsp3) is 0.625. The Hall–Kier alpha value is -1.77. The molecule has 7 nitrogen and oxygen atoms in total. The number of hydrogen-bond donors (Lipinski definition) is 2. The Labute approximate surface area is 203 Å². The topological polar surface area (TPSA) is 95.9 Å². The fourth-order valence-corrected chi connectivity index (χ4v) is 8.23. The van der Waals surface area contributed by atoms with E-state index in [9.17, 15) is 14.4 Å². The Kier molecular flexibility index (Phi) is 7.26. The van der Waals surface area contributed by atoms with Crippen molar-refractivity contribution in [3.8, 4) is 0 Å². The van der Waals surface area contributed by atoms with Gasteiger partial charge in [0.25, 0.3) is 0 Å². The minimum atomic E-state index is -0.686. The van der Waals surface area contributed by atoms with E-state index in [4.69, 9.17) is 21.4 Å². The van der Waals surface area contributed by atoms with Gasteiger partial charge in [0.1, 0.15) is 6.04 Å². The van der Waals surface area contributed by atoms with Gasteiger partial charge in [-0.05, 0) is 57.6 Å². The van der Waals surface area contributed by atoms with Crippen LogP contribution in [0.25, 0.3) is 0 Å². The van der Waals surface area contributed by atoms with Gasteiger partial charge in [-0.25, -0.2) is 0 Å². The number of thioether (sulfide) groups is 1. The molecule has 0 aromatic heterocycles. The molecule has 0 radical (unpaired) electrons. The van der Waals surface area contributed by atoms with Crippen LogP contribution >= 0.6 is 23.4 Å². The molecule has 180 valence electrons. The molecule has 3 aliphatic rings. The highest BCUT2D eigenvalue weighted by atomic mass is 35.5. The molecule has 3 heterocycles. The number of aryl methyl sites for hydroxylation is 1. The van der Waals surface area contributed by atoms with Gasteiger partial charge in [0, 0.05) is 18.4 Å². The zero-order valence-electron chi connectivity index (χ0n) is 19.0. The summed E-state index contributed by atoms with van der Waals surface area (Å²) in [4.78, 5) is 42.0. The number of esters is 1. The maximum absolute atomic E-state index is 13.8. The monoisotopic (exact) mass is 494 g/mol. The van der Waals surface area contributed by atoms with Crippen molar-refractivity contribution in [2.24, 2.45) is 11.8 Å². The molecule has 0 saturated carbocycles. The smallest absolute Gasteiger partial charge is 0.310 e. The summed E-state index contributed by atoms with van der Waals surface area (Å²) >= 11 is 7.99. The Bertz CT molecular complexity index is 923. The lowest BCUT2D eigenvalue weighted by molar-refractivity contribution is -0.153. The molecule has 2 N–H and O–H groups in total. The fourth-order valence-electron chi connectivity index (χ4n) is 5.75. The van der Waals surface area contributed by atoms with Crippen LogP contribution in [0.3, 0.4) is 0 Å². The Morgan fingerprint density at radius 3 is 2.82 bits per heavy atom. The number of benzene rings is 1. The summed E-state index contributed by atoms with van der Waals surface area (Å²) in [7, 11) is 0. The van der Waals surface area contributed by atoms with Crippen LogP contribution < -0.4 is 5.32 Å². The van der Waals surface area contributed by atoms with E-state index < -0.39 is 22.6 Å². The summed E-state index contributed by atoms with van der Waals surface area (Å²) < 4.78 is 4.69. The number of unbranched alkanes of at least 4 members (excludes halogenated alkanes) is 2. The number of ether oxygens (including phenoxy) is 1. The zero-order valence-corrected chi connectivity index (χ0v) is 20.6. The van der Waals surface area contributed by atoms with Crippen LogP contribution in [0.15, 0.2) is 18.2 Å². The van der Waals surface area contributed by atoms with Crippen LogP contribution in [0.1, 0.15) is 44.6 Å². The molecule has 3 fully saturated rings. The molecule has 1 spiro atoms. The molecular formula is C24H31ClN2O5S. The third-order valence-electron chi connectivity index (χ3n) is 7.13. The van der Waals surface area contributed by atoms with Crippen LogP contribution in [0.5, 0.6) is 0 Å². The van der Waals surface area contributed by atoms with Crippen LogP contribution in [-0.2, 0) is 19.1 Å². The molecule has 2 bridgehead atoms. The van der Waals surface area contributed by atoms with E-state index in [0.717, 1.165) is 18.4 Å². The second kappa shape index (κ2) is 9.84. The number of nitrogens with one attached hydrogen (secondary N) is 1. The molecular weight excluding hydrogens is 464 g/mol. The highest BCUT2D eigenvalue weighted by Crippen LogP contribution is 2.66. The Balaban J connectivity index is 1.67. The number of rotatable bonds is 9. The molecule has 9 heteroatoms. The molecule has 1 aromatic carbocycles. The van der Waals surface area contributed by atoms with E-state index >= 15 is 0 Å². The predicted octanol–water partition coefficient (Wildman–Crippen LogP) is 3.40. The third-order valence-corrected chi connectivity index (χ3v) is 9.40. The third kappa shape index (κ3) is 4.15. The largest absolute Gasteiger partial charge is 0.466 e. The number of aliphatic hydroxyl groups is 1. The summed E-state index contributed by atoms with van der Waals surface area (Å²) in [6.45, 7) is 4.42. The normalized spacial score (nSPS) is 29.9. The zero-order chi connectivity index (χ0) is 23.8. The Morgan fingerprint density at radius 1 is 1.33 bits per heavy atom. The first-order valence-electron chi connectivity index (χ1n) is 11.7. The van der Waals surface area contributed by atoms with Gasteiger partial charge < -0.3 is 20.1 Å². The van der Waals surface area contributed by atoms with Crippen molar-refractivity contribution in [1.29, 1.82) is 0 Å². The average Bonchev–Trinajstić information content (AvgIpc) is 3.41. The van der Waals surface area contributed by atoms with Crippen LogP contribution in [0.2, 0.25) is 5.02 Å². The van der Waals surface area contributed by atoms with Gasteiger partial charge in [0.15, 0.2) is 0 Å². The number of likely N-dealkylation sites (tertiary alicyclic amines) is 1. The van der Waals surface area contributed by atoms with Gasteiger partial charge in [0.05, 0.1) is 33.9 Å². The number of halogens is 1. The van der Waals surface area contributed by atoms with Crippen molar-refractivity contribution in [3.63, 3.8) is 0 Å². The summed E-state index contributed by atoms with van der Waals surface area (Å²) in [5, 5.41) is 12.6. The number of carbonyl (C=O) groups excluding carboxylic acids is 3. The molecule has 3 saturated heterocycles. The van der Waals surface area contributed by atoms with Crippen molar-refractivity contribution in [1.82, 2.24) is 4.90 Å². The molecule has 2 unspecified atom stereocenters. The first-order chi connectivity index (χ1) is 15.9. The van der Waals surface area contributed by atoms with Crippen molar-refractivity contribution in [2.75, 3.05) is 25.1 Å². The number of fused-ring (bicyclic) bond motifs is 1. The van der Waals surface area contributed by atoms with Crippen molar-refractivity contribution >= 4 is 46.8 Å². The molecule has 5 atom stereocenters. The second-order valence-corrected chi connectivity index (χ2v) is 11.1. The minimum absolute atomic E-state index is 0.00751. The van der Waals surface area contributed by atoms with Gasteiger partial charge in [-0.1, -0.05) is 23.7 Å². The molecule has 1 aromatic rings. The van der Waals surface area contributed by atoms with Crippen LogP contribution in [0.4, 0.5) is 5.69 Å². The van der Waals surface area contributed by atoms with Crippen LogP contribution in [-0.4, -0.2) is 63.6 Å². The first kappa shape index (κ1) is 24.4. The predicted molar refractivity (Wildman–Crippen MR) is 128 cm³/mol. The lowest BCUT2D eigenvalue weighted by atomic mass is 9.71. The number of anilines is 1. The summed E-state index contributed by atoms with van der Waals surface area (Å²) in [6, 6.07) is 4.74. The van der Waals surface area contributed by atoms with E-state index in [1.807, 2.05) is 19.1 Å². The average molecular weight is 495 g/mol. The van der Waals surface area contributed by atoms with E-state index in [2.05, 4.69) is 5.32 Å². The number of aliphatic hydroxyl groups excluding tert-OH is 1. The van der Waals surface area contributed by atoms with Gasteiger partial charge in [-0.15, -0.1) is 11.8 Å². The summed E-state index contributed by atoms with van der Waals surface area (Å²) in [6.07, 6.45) is 3.58. The highest BCUT2D eigenvalue weighted by Gasteiger charge is 2.73. The lowest BCUT2D eigenvalue weighted by Crippen LogP contribution is -2.51. The number of amides is 2. The molecule has 2 amide bonds. The molecule has 3 aliphatic heterocycles. The maximum atomic E-state index is 13.8. The van der Waals surface area contributed by atoms with E-state index in [0.29, 0.717) is 36.5 Å². The first-order valence-corrected chi connectivity index (χ1v) is 12.9. The number of carbonyl (C=O) groups is 3. The highest BCUT2D eigenvalue weighted by molar-refractivity contribution is 8.02. The number of para-hydroxylation sites is 1. The van der Waals surface area contributed by atoms with Crippen molar-refractivity contribution in [3.05, 3.63) is 28.8 Å². The SMILES string of the molecule is CCOC(=O)[C@@H]1[C@H]2C(=O)N(CCCCCO)C(C(=O)Nc3c(C)cccc3Cl)C23CC[C@H]1S3.